The number of hydrogen-bond acceptors (Lipinski definition) is 7. The van der Waals surface area contributed by atoms with Gasteiger partial charge in [0.1, 0.15) is 0 Å². The molecule has 2 aliphatic rings. The molecule has 1 saturated heterocycles. The summed E-state index contributed by atoms with van der Waals surface area (Å²) >= 11 is 7.94. The molecule has 0 unspecified atom stereocenters. The summed E-state index contributed by atoms with van der Waals surface area (Å²) in [5.74, 6) is 0.142. The number of rotatable bonds is 4. The second-order valence-corrected chi connectivity index (χ2v) is 10.9. The molecule has 3 aromatic heterocycles. The Bertz CT molecular complexity index is 1530. The molecule has 192 valence electrons. The van der Waals surface area contributed by atoms with Crippen molar-refractivity contribution in [3.63, 3.8) is 0 Å². The van der Waals surface area contributed by atoms with Crippen LogP contribution in [0.1, 0.15) is 40.8 Å². The van der Waals surface area contributed by atoms with Crippen LogP contribution in [0.3, 0.4) is 0 Å². The van der Waals surface area contributed by atoms with Crippen molar-refractivity contribution in [2.45, 2.75) is 42.2 Å². The molecule has 0 spiro atoms. The summed E-state index contributed by atoms with van der Waals surface area (Å²) in [6.45, 7) is 1.38. The molecular formula is C28H26ClN7OS. The van der Waals surface area contributed by atoms with Gasteiger partial charge in [-0.2, -0.15) is 4.80 Å². The van der Waals surface area contributed by atoms with Crippen LogP contribution in [0.4, 0.5) is 0 Å². The Labute approximate surface area is 230 Å². The number of aromatic nitrogens is 6. The molecule has 0 saturated carbocycles. The van der Waals surface area contributed by atoms with E-state index in [1.165, 1.54) is 44.4 Å². The number of tetrazole rings is 1. The van der Waals surface area contributed by atoms with E-state index in [1.807, 2.05) is 35.4 Å². The van der Waals surface area contributed by atoms with E-state index < -0.39 is 0 Å². The van der Waals surface area contributed by atoms with Crippen molar-refractivity contribution in [2.24, 2.45) is 7.05 Å². The molecule has 0 radical (unpaired) electrons. The van der Waals surface area contributed by atoms with E-state index in [0.717, 1.165) is 46.9 Å². The van der Waals surface area contributed by atoms with E-state index >= 15 is 0 Å². The smallest absolute Gasteiger partial charge is 0.235 e. The largest absolute Gasteiger partial charge is 0.342 e. The van der Waals surface area contributed by atoms with Crippen LogP contribution in [0, 0.1) is 0 Å². The molecule has 1 amide bonds. The predicted molar refractivity (Wildman–Crippen MR) is 146 cm³/mol. The lowest BCUT2D eigenvalue weighted by Crippen LogP contribution is -2.37. The van der Waals surface area contributed by atoms with Crippen LogP contribution in [0.5, 0.6) is 0 Å². The standard InChI is InChI=1S/C28H26ClN7OS/c1-35-33-28(32-34-35)38-24-8-12-31-27-23(24)6-4-20-16-21(29)5-7-22(20)26(27)19-9-13-36(14-10-19)25(37)15-18-3-2-11-30-17-18/h2-3,5,7-8,11-12,16-17H,4,6,9-10,13-15H2,1H3. The van der Waals surface area contributed by atoms with Crippen molar-refractivity contribution in [3.8, 4) is 0 Å². The van der Waals surface area contributed by atoms with Gasteiger partial charge < -0.3 is 4.90 Å². The zero-order chi connectivity index (χ0) is 26.1. The lowest BCUT2D eigenvalue weighted by atomic mass is 9.88. The molecule has 4 heterocycles. The highest BCUT2D eigenvalue weighted by atomic mass is 35.5. The van der Waals surface area contributed by atoms with Gasteiger partial charge in [-0.15, -0.1) is 10.2 Å². The lowest BCUT2D eigenvalue weighted by molar-refractivity contribution is -0.130. The normalized spacial score (nSPS) is 15.2. The van der Waals surface area contributed by atoms with Gasteiger partial charge in [-0.25, -0.2) is 0 Å². The number of piperidine rings is 1. The van der Waals surface area contributed by atoms with E-state index in [2.05, 4.69) is 32.5 Å². The van der Waals surface area contributed by atoms with Gasteiger partial charge >= 0.3 is 0 Å². The van der Waals surface area contributed by atoms with E-state index in [-0.39, 0.29) is 5.91 Å². The third kappa shape index (κ3) is 5.08. The molecule has 10 heteroatoms. The third-order valence-corrected chi connectivity index (χ3v) is 8.26. The number of benzene rings is 1. The monoisotopic (exact) mass is 543 g/mol. The molecule has 0 bridgehead atoms. The summed E-state index contributed by atoms with van der Waals surface area (Å²) in [6, 6.07) is 12.0. The second kappa shape index (κ2) is 10.7. The molecule has 8 nitrogen and oxygen atoms in total. The Morgan fingerprint density at radius 3 is 2.71 bits per heavy atom. The molecule has 1 aromatic carbocycles. The maximum atomic E-state index is 13.0. The molecule has 6 rings (SSSR count). The zero-order valence-corrected chi connectivity index (χ0v) is 22.5. The topological polar surface area (TPSA) is 89.7 Å². The maximum Gasteiger partial charge on any atom is 0.235 e. The summed E-state index contributed by atoms with van der Waals surface area (Å²) in [6.07, 6.45) is 9.05. The van der Waals surface area contributed by atoms with Gasteiger partial charge in [-0.05, 0) is 89.2 Å². The summed E-state index contributed by atoms with van der Waals surface area (Å²) in [5.41, 5.74) is 8.05. The van der Waals surface area contributed by atoms with E-state index in [9.17, 15) is 4.79 Å². The minimum absolute atomic E-state index is 0.142. The molecule has 4 aromatic rings. The number of pyridine rings is 2. The van der Waals surface area contributed by atoms with Crippen LogP contribution < -0.4 is 0 Å². The second-order valence-electron chi connectivity index (χ2n) is 9.50. The molecule has 1 aliphatic heterocycles. The number of likely N-dealkylation sites (tertiary alicyclic amines) is 1. The molecule has 1 fully saturated rings. The van der Waals surface area contributed by atoms with E-state index in [0.29, 0.717) is 24.7 Å². The Kier molecular flexibility index (Phi) is 6.95. The first-order valence-corrected chi connectivity index (χ1v) is 13.8. The fraction of sp³-hybridized carbons (Fsp3) is 0.286. The van der Waals surface area contributed by atoms with Gasteiger partial charge in [-0.1, -0.05) is 29.3 Å². The fourth-order valence-corrected chi connectivity index (χ4v) is 6.34. The van der Waals surface area contributed by atoms with Gasteiger partial charge in [0.15, 0.2) is 0 Å². The number of aryl methyl sites for hydroxylation is 2. The van der Waals surface area contributed by atoms with Gasteiger partial charge in [0.05, 0.1) is 19.2 Å². The van der Waals surface area contributed by atoms with Crippen molar-refractivity contribution in [2.75, 3.05) is 13.1 Å². The summed E-state index contributed by atoms with van der Waals surface area (Å²) in [5, 5.41) is 13.9. The van der Waals surface area contributed by atoms with Gasteiger partial charge in [0.25, 0.3) is 0 Å². The first kappa shape index (κ1) is 24.8. The van der Waals surface area contributed by atoms with Crippen molar-refractivity contribution >= 4 is 34.8 Å². The van der Waals surface area contributed by atoms with Crippen LogP contribution in [-0.2, 0) is 31.1 Å². The molecule has 38 heavy (non-hydrogen) atoms. The quantitative estimate of drug-likeness (QED) is 0.372. The first-order valence-electron chi connectivity index (χ1n) is 12.6. The van der Waals surface area contributed by atoms with Crippen molar-refractivity contribution in [3.05, 3.63) is 93.5 Å². The predicted octanol–water partition coefficient (Wildman–Crippen LogP) is 4.57. The number of carbonyl (C=O) groups excluding carboxylic acids is 1. The summed E-state index contributed by atoms with van der Waals surface area (Å²) in [7, 11) is 1.76. The van der Waals surface area contributed by atoms with Gasteiger partial charge in [0.2, 0.25) is 11.1 Å². The number of carbonyl (C=O) groups is 1. The van der Waals surface area contributed by atoms with Crippen molar-refractivity contribution in [1.29, 1.82) is 0 Å². The number of fused-ring (bicyclic) bond motifs is 2. The van der Waals surface area contributed by atoms with Crippen LogP contribution in [-0.4, -0.2) is 54.1 Å². The third-order valence-electron chi connectivity index (χ3n) is 7.07. The van der Waals surface area contributed by atoms with Crippen LogP contribution >= 0.6 is 23.4 Å². The Balaban J connectivity index is 1.35. The van der Waals surface area contributed by atoms with Crippen LogP contribution in [0.25, 0.3) is 5.57 Å². The highest BCUT2D eigenvalue weighted by Gasteiger charge is 2.28. The highest BCUT2D eigenvalue weighted by molar-refractivity contribution is 7.99. The number of amides is 1. The molecule has 0 N–H and O–H groups in total. The van der Waals surface area contributed by atoms with Gasteiger partial charge in [0, 0.05) is 47.2 Å². The molecular weight excluding hydrogens is 518 g/mol. The van der Waals surface area contributed by atoms with Crippen molar-refractivity contribution < 1.29 is 4.79 Å². The highest BCUT2D eigenvalue weighted by Crippen LogP contribution is 2.41. The maximum absolute atomic E-state index is 13.0. The summed E-state index contributed by atoms with van der Waals surface area (Å²) in [4.78, 5) is 26.6. The average molecular weight is 544 g/mol. The SMILES string of the molecule is Cn1nnc(Sc2ccnc3c2CCc2cc(Cl)ccc2C3=C2CCN(C(=O)Cc3cccnc3)CC2)n1. The first-order chi connectivity index (χ1) is 18.5. The van der Waals surface area contributed by atoms with E-state index in [4.69, 9.17) is 16.6 Å². The molecule has 0 atom stereocenters. The lowest BCUT2D eigenvalue weighted by Gasteiger charge is -2.30. The number of hydrogen-bond donors (Lipinski definition) is 0. The Morgan fingerprint density at radius 2 is 1.95 bits per heavy atom. The number of halogens is 1. The van der Waals surface area contributed by atoms with Gasteiger partial charge in [-0.3, -0.25) is 14.8 Å². The Hall–Kier alpha value is -3.56. The zero-order valence-electron chi connectivity index (χ0n) is 21.0. The molecule has 1 aliphatic carbocycles. The fourth-order valence-electron chi connectivity index (χ4n) is 5.26. The van der Waals surface area contributed by atoms with E-state index in [1.54, 1.807) is 19.4 Å². The minimum atomic E-state index is 0.142. The van der Waals surface area contributed by atoms with Crippen LogP contribution in [0.15, 0.2) is 70.6 Å². The summed E-state index contributed by atoms with van der Waals surface area (Å²) < 4.78 is 0. The van der Waals surface area contributed by atoms with Crippen molar-refractivity contribution in [1.82, 2.24) is 35.1 Å². The minimum Gasteiger partial charge on any atom is -0.342 e. The average Bonchev–Trinajstić information content (AvgIpc) is 3.26. The number of nitrogens with zero attached hydrogens (tertiary/aromatic N) is 7. The van der Waals surface area contributed by atoms with Crippen LogP contribution in [0.2, 0.25) is 5.02 Å². The Morgan fingerprint density at radius 1 is 1.08 bits per heavy atom.